The lowest BCUT2D eigenvalue weighted by Crippen LogP contribution is -2.33. The molecule has 1 amide bonds. The quantitative estimate of drug-likeness (QED) is 0.625. The van der Waals surface area contributed by atoms with Gasteiger partial charge in [-0.2, -0.15) is 0 Å². The predicted octanol–water partition coefficient (Wildman–Crippen LogP) is 0.353. The molecule has 0 aliphatic rings. The number of esters is 1. The van der Waals surface area contributed by atoms with Gasteiger partial charge in [-0.1, -0.05) is 0 Å². The summed E-state index contributed by atoms with van der Waals surface area (Å²) in [5.41, 5.74) is 0.715. The van der Waals surface area contributed by atoms with E-state index in [1.807, 2.05) is 0 Å². The molecule has 2 aromatic heterocycles. The van der Waals surface area contributed by atoms with Gasteiger partial charge in [0.2, 0.25) is 11.8 Å². The van der Waals surface area contributed by atoms with Crippen LogP contribution in [0.3, 0.4) is 0 Å². The van der Waals surface area contributed by atoms with Crippen molar-refractivity contribution in [3.8, 4) is 11.5 Å². The van der Waals surface area contributed by atoms with Crippen LogP contribution in [0.4, 0.5) is 0 Å². The number of ether oxygens (including phenoxy) is 1. The summed E-state index contributed by atoms with van der Waals surface area (Å²) in [6.45, 7) is 1.99. The molecular weight excluding hydrogens is 276 g/mol. The molecule has 2 aromatic rings. The molecule has 0 saturated heterocycles. The smallest absolute Gasteiger partial charge is 0.396 e. The summed E-state index contributed by atoms with van der Waals surface area (Å²) in [6.07, 6.45) is 3.57. The molecule has 0 radical (unpaired) electrons. The first-order valence-corrected chi connectivity index (χ1v) is 6.38. The first kappa shape index (κ1) is 14.6. The Morgan fingerprint density at radius 1 is 1.38 bits per heavy atom. The van der Waals surface area contributed by atoms with Gasteiger partial charge in [-0.3, -0.25) is 9.78 Å². The first-order valence-electron chi connectivity index (χ1n) is 6.38. The van der Waals surface area contributed by atoms with Crippen LogP contribution in [0.2, 0.25) is 0 Å². The second-order valence-corrected chi connectivity index (χ2v) is 3.97. The lowest BCUT2D eigenvalue weighted by atomic mass is 10.3. The molecule has 0 aromatic carbocycles. The molecule has 0 unspecified atom stereocenters. The molecule has 0 bridgehead atoms. The molecule has 21 heavy (non-hydrogen) atoms. The molecule has 8 nitrogen and oxygen atoms in total. The summed E-state index contributed by atoms with van der Waals surface area (Å²) in [5, 5.41) is 10.2. The fourth-order valence-electron chi connectivity index (χ4n) is 1.51. The lowest BCUT2D eigenvalue weighted by Gasteiger charge is -2.02. The Morgan fingerprint density at radius 2 is 2.24 bits per heavy atom. The topological polar surface area (TPSA) is 107 Å². The third kappa shape index (κ3) is 4.10. The van der Waals surface area contributed by atoms with Crippen LogP contribution in [0.25, 0.3) is 11.5 Å². The number of nitrogens with zero attached hydrogens (tertiary/aromatic N) is 3. The molecule has 110 valence electrons. The van der Waals surface area contributed by atoms with E-state index in [2.05, 4.69) is 25.2 Å². The minimum atomic E-state index is -0.904. The molecule has 0 fully saturated rings. The highest BCUT2D eigenvalue weighted by atomic mass is 16.5. The maximum Gasteiger partial charge on any atom is 0.396 e. The van der Waals surface area contributed by atoms with Gasteiger partial charge in [-0.15, -0.1) is 10.2 Å². The van der Waals surface area contributed by atoms with Crippen molar-refractivity contribution in [2.45, 2.75) is 13.3 Å². The number of hydrogen-bond acceptors (Lipinski definition) is 7. The van der Waals surface area contributed by atoms with E-state index in [1.165, 1.54) is 0 Å². The van der Waals surface area contributed by atoms with Crippen LogP contribution < -0.4 is 5.32 Å². The van der Waals surface area contributed by atoms with E-state index < -0.39 is 11.9 Å². The third-order valence-corrected chi connectivity index (χ3v) is 2.46. The maximum atomic E-state index is 11.3. The Bertz CT molecular complexity index is 612. The Morgan fingerprint density at radius 3 is 2.95 bits per heavy atom. The maximum absolute atomic E-state index is 11.3. The average Bonchev–Trinajstić information content (AvgIpc) is 2.97. The van der Waals surface area contributed by atoms with E-state index in [9.17, 15) is 9.59 Å². The first-order chi connectivity index (χ1) is 10.2. The fourth-order valence-corrected chi connectivity index (χ4v) is 1.51. The van der Waals surface area contributed by atoms with Crippen molar-refractivity contribution in [2.75, 3.05) is 13.2 Å². The lowest BCUT2D eigenvalue weighted by molar-refractivity contribution is -0.154. The van der Waals surface area contributed by atoms with Crippen LogP contribution >= 0.6 is 0 Å². The predicted molar refractivity (Wildman–Crippen MR) is 70.9 cm³/mol. The van der Waals surface area contributed by atoms with Gasteiger partial charge in [-0.05, 0) is 19.1 Å². The molecule has 0 atom stereocenters. The van der Waals surface area contributed by atoms with Crippen molar-refractivity contribution < 1.29 is 18.7 Å². The van der Waals surface area contributed by atoms with E-state index in [1.54, 1.807) is 31.5 Å². The highest BCUT2D eigenvalue weighted by Gasteiger charge is 2.14. The van der Waals surface area contributed by atoms with Gasteiger partial charge in [0.15, 0.2) is 0 Å². The van der Waals surface area contributed by atoms with Crippen molar-refractivity contribution in [3.63, 3.8) is 0 Å². The Kier molecular flexibility index (Phi) is 4.97. The number of carbonyl (C=O) groups excluding carboxylic acids is 2. The summed E-state index contributed by atoms with van der Waals surface area (Å²) in [7, 11) is 0. The van der Waals surface area contributed by atoms with Gasteiger partial charge in [0, 0.05) is 25.4 Å². The zero-order chi connectivity index (χ0) is 15.1. The van der Waals surface area contributed by atoms with Crippen LogP contribution in [0.1, 0.15) is 12.8 Å². The van der Waals surface area contributed by atoms with E-state index in [0.717, 1.165) is 0 Å². The van der Waals surface area contributed by atoms with Crippen molar-refractivity contribution in [1.29, 1.82) is 0 Å². The summed E-state index contributed by atoms with van der Waals surface area (Å²) in [5.74, 6) is -0.976. The fraction of sp³-hybridized carbons (Fsp3) is 0.308. The van der Waals surface area contributed by atoms with Crippen molar-refractivity contribution in [1.82, 2.24) is 20.5 Å². The van der Waals surface area contributed by atoms with Crippen LogP contribution in [0.5, 0.6) is 0 Å². The molecular formula is C13H14N4O4. The van der Waals surface area contributed by atoms with E-state index in [-0.39, 0.29) is 13.2 Å². The van der Waals surface area contributed by atoms with Crippen molar-refractivity contribution in [3.05, 3.63) is 30.4 Å². The van der Waals surface area contributed by atoms with Gasteiger partial charge in [-0.25, -0.2) is 4.79 Å². The number of rotatable bonds is 5. The molecule has 2 rings (SSSR count). The van der Waals surface area contributed by atoms with Gasteiger partial charge < -0.3 is 14.5 Å². The van der Waals surface area contributed by atoms with E-state index >= 15 is 0 Å². The SMILES string of the molecule is CCOC(=O)C(=O)NCCc1nnc(-c2cccnc2)o1. The van der Waals surface area contributed by atoms with Gasteiger partial charge in [0.05, 0.1) is 12.2 Å². The monoisotopic (exact) mass is 290 g/mol. The zero-order valence-electron chi connectivity index (χ0n) is 11.4. The van der Waals surface area contributed by atoms with Crippen LogP contribution in [-0.4, -0.2) is 40.2 Å². The number of amides is 1. The second-order valence-electron chi connectivity index (χ2n) is 3.97. The number of hydrogen-bond donors (Lipinski definition) is 1. The van der Waals surface area contributed by atoms with Crippen LogP contribution in [-0.2, 0) is 20.7 Å². The van der Waals surface area contributed by atoms with E-state index in [0.29, 0.717) is 23.8 Å². The molecule has 1 N–H and O–H groups in total. The van der Waals surface area contributed by atoms with Crippen molar-refractivity contribution in [2.24, 2.45) is 0 Å². The van der Waals surface area contributed by atoms with Crippen LogP contribution in [0, 0.1) is 0 Å². The van der Waals surface area contributed by atoms with Crippen molar-refractivity contribution >= 4 is 11.9 Å². The number of carbonyl (C=O) groups is 2. The largest absolute Gasteiger partial charge is 0.459 e. The minimum Gasteiger partial charge on any atom is -0.459 e. The van der Waals surface area contributed by atoms with Gasteiger partial charge >= 0.3 is 11.9 Å². The standard InChI is InChI=1S/C13H14N4O4/c1-2-20-13(19)11(18)15-7-5-10-16-17-12(21-10)9-4-3-6-14-8-9/h3-4,6,8H,2,5,7H2,1H3,(H,15,18). The summed E-state index contributed by atoms with van der Waals surface area (Å²) in [4.78, 5) is 26.3. The molecule has 0 saturated carbocycles. The second kappa shape index (κ2) is 7.13. The normalized spacial score (nSPS) is 10.1. The zero-order valence-corrected chi connectivity index (χ0v) is 11.4. The summed E-state index contributed by atoms with van der Waals surface area (Å²) in [6, 6.07) is 3.56. The van der Waals surface area contributed by atoms with Gasteiger partial charge in [0.25, 0.3) is 0 Å². The summed E-state index contributed by atoms with van der Waals surface area (Å²) >= 11 is 0. The highest BCUT2D eigenvalue weighted by molar-refractivity contribution is 6.32. The third-order valence-electron chi connectivity index (χ3n) is 2.46. The minimum absolute atomic E-state index is 0.157. The molecule has 0 aliphatic heterocycles. The Labute approximate surface area is 120 Å². The van der Waals surface area contributed by atoms with E-state index in [4.69, 9.17) is 4.42 Å². The Balaban J connectivity index is 1.84. The number of nitrogens with one attached hydrogen (secondary N) is 1. The number of aromatic nitrogens is 3. The molecule has 0 spiro atoms. The highest BCUT2D eigenvalue weighted by Crippen LogP contribution is 2.15. The molecule has 0 aliphatic carbocycles. The van der Waals surface area contributed by atoms with Crippen LogP contribution in [0.15, 0.2) is 28.9 Å². The van der Waals surface area contributed by atoms with Gasteiger partial charge in [0.1, 0.15) is 0 Å². The average molecular weight is 290 g/mol. The molecule has 2 heterocycles. The molecule has 8 heteroatoms. The number of pyridine rings is 1. The Hall–Kier alpha value is -2.77. The summed E-state index contributed by atoms with van der Waals surface area (Å²) < 4.78 is 9.99.